The Morgan fingerprint density at radius 3 is 2.52 bits per heavy atom. The number of hydrogen-bond donors (Lipinski definition) is 2. The van der Waals surface area contributed by atoms with Gasteiger partial charge in [0.2, 0.25) is 0 Å². The van der Waals surface area contributed by atoms with Crippen molar-refractivity contribution in [3.63, 3.8) is 0 Å². The van der Waals surface area contributed by atoms with E-state index >= 15 is 0 Å². The highest BCUT2D eigenvalue weighted by Gasteiger charge is 2.33. The topological polar surface area (TPSA) is 76.7 Å². The number of aryl methyl sites for hydroxylation is 1. The summed E-state index contributed by atoms with van der Waals surface area (Å²) in [6.07, 6.45) is 0.721. The lowest BCUT2D eigenvalue weighted by Crippen LogP contribution is -2.45. The summed E-state index contributed by atoms with van der Waals surface area (Å²) in [6.45, 7) is 6.37. The molecule has 2 amide bonds. The molecule has 1 heterocycles. The predicted octanol–water partition coefficient (Wildman–Crippen LogP) is 4.16. The van der Waals surface area contributed by atoms with Crippen LogP contribution in [0.1, 0.15) is 43.0 Å². The molecule has 6 heteroatoms. The first kappa shape index (κ1) is 20.5. The fourth-order valence-corrected chi connectivity index (χ4v) is 3.17. The zero-order valence-electron chi connectivity index (χ0n) is 17.0. The van der Waals surface area contributed by atoms with Crippen LogP contribution in [0.4, 0.5) is 4.79 Å². The van der Waals surface area contributed by atoms with Crippen LogP contribution in [0.3, 0.4) is 0 Å². The number of carbonyl (C=O) groups excluding carboxylic acids is 2. The van der Waals surface area contributed by atoms with Gasteiger partial charge in [-0.3, -0.25) is 0 Å². The van der Waals surface area contributed by atoms with E-state index in [1.165, 1.54) is 5.56 Å². The van der Waals surface area contributed by atoms with Crippen molar-refractivity contribution >= 4 is 12.0 Å². The second kappa shape index (κ2) is 9.28. The van der Waals surface area contributed by atoms with Gasteiger partial charge < -0.3 is 20.1 Å². The van der Waals surface area contributed by atoms with Gasteiger partial charge in [-0.1, -0.05) is 55.0 Å². The molecule has 1 aliphatic rings. The van der Waals surface area contributed by atoms with Crippen LogP contribution in [-0.4, -0.2) is 18.6 Å². The highest BCUT2D eigenvalue weighted by molar-refractivity contribution is 5.95. The number of hydrogen-bond acceptors (Lipinski definition) is 4. The molecule has 0 fully saturated rings. The van der Waals surface area contributed by atoms with Crippen LogP contribution < -0.4 is 15.4 Å². The third-order valence-electron chi connectivity index (χ3n) is 4.67. The normalized spacial score (nSPS) is 16.1. The fourth-order valence-electron chi connectivity index (χ4n) is 3.17. The average molecular weight is 394 g/mol. The molecular weight excluding hydrogens is 368 g/mol. The molecule has 152 valence electrons. The van der Waals surface area contributed by atoms with E-state index in [1.54, 1.807) is 6.92 Å². The minimum absolute atomic E-state index is 0.321. The first-order chi connectivity index (χ1) is 14.0. The van der Waals surface area contributed by atoms with Crippen LogP contribution in [0.2, 0.25) is 0 Å². The van der Waals surface area contributed by atoms with Crippen LogP contribution in [0.25, 0.3) is 0 Å². The number of allylic oxidation sites excluding steroid dienone is 1. The van der Waals surface area contributed by atoms with E-state index in [-0.39, 0.29) is 6.03 Å². The molecule has 3 rings (SSSR count). The molecule has 0 aromatic heterocycles. The summed E-state index contributed by atoms with van der Waals surface area (Å²) in [6, 6.07) is 14.5. The maximum atomic E-state index is 12.7. The molecule has 0 aliphatic carbocycles. The van der Waals surface area contributed by atoms with Gasteiger partial charge in [0, 0.05) is 11.3 Å². The molecule has 1 aliphatic heterocycles. The largest absolute Gasteiger partial charge is 0.489 e. The third kappa shape index (κ3) is 4.96. The van der Waals surface area contributed by atoms with Gasteiger partial charge in [-0.15, -0.1) is 0 Å². The summed E-state index contributed by atoms with van der Waals surface area (Å²) < 4.78 is 11.4. The van der Waals surface area contributed by atoms with Crippen molar-refractivity contribution < 1.29 is 19.1 Å². The monoisotopic (exact) mass is 394 g/mol. The smallest absolute Gasteiger partial charge is 0.338 e. The Kier molecular flexibility index (Phi) is 6.54. The summed E-state index contributed by atoms with van der Waals surface area (Å²) in [5, 5.41) is 5.48. The van der Waals surface area contributed by atoms with Crippen molar-refractivity contribution in [1.82, 2.24) is 10.6 Å². The van der Waals surface area contributed by atoms with Crippen molar-refractivity contribution in [3.8, 4) is 5.75 Å². The number of urea groups is 1. The maximum absolute atomic E-state index is 12.7. The number of benzene rings is 2. The Hall–Kier alpha value is -3.28. The minimum Gasteiger partial charge on any atom is -0.489 e. The van der Waals surface area contributed by atoms with Gasteiger partial charge in [-0.2, -0.15) is 0 Å². The van der Waals surface area contributed by atoms with E-state index in [1.807, 2.05) is 62.4 Å². The molecule has 2 N–H and O–H groups in total. The van der Waals surface area contributed by atoms with Gasteiger partial charge in [0.25, 0.3) is 0 Å². The summed E-state index contributed by atoms with van der Waals surface area (Å²) in [5.74, 6) is 0.157. The number of ether oxygens (including phenoxy) is 2. The predicted molar refractivity (Wildman–Crippen MR) is 110 cm³/mol. The zero-order valence-corrected chi connectivity index (χ0v) is 17.0. The number of nitrogens with one attached hydrogen (secondary N) is 2. The van der Waals surface area contributed by atoms with Crippen LogP contribution in [0.5, 0.6) is 5.75 Å². The number of carbonyl (C=O) groups is 2. The first-order valence-electron chi connectivity index (χ1n) is 9.72. The summed E-state index contributed by atoms with van der Waals surface area (Å²) >= 11 is 0. The molecule has 1 atom stereocenters. The Balaban J connectivity index is 1.89. The van der Waals surface area contributed by atoms with E-state index in [9.17, 15) is 9.59 Å². The summed E-state index contributed by atoms with van der Waals surface area (Å²) in [5.41, 5.74) is 3.78. The van der Waals surface area contributed by atoms with Crippen LogP contribution >= 0.6 is 0 Å². The maximum Gasteiger partial charge on any atom is 0.338 e. The van der Waals surface area contributed by atoms with Crippen molar-refractivity contribution in [2.24, 2.45) is 0 Å². The van der Waals surface area contributed by atoms with Gasteiger partial charge in [-0.25, -0.2) is 9.59 Å². The van der Waals surface area contributed by atoms with E-state index in [4.69, 9.17) is 9.47 Å². The number of para-hydroxylation sites is 1. The Labute approximate surface area is 170 Å². The average Bonchev–Trinajstić information content (AvgIpc) is 2.71. The molecule has 0 spiro atoms. The number of amides is 2. The van der Waals surface area contributed by atoms with Crippen LogP contribution in [0.15, 0.2) is 59.8 Å². The van der Waals surface area contributed by atoms with Gasteiger partial charge in [0.15, 0.2) is 0 Å². The van der Waals surface area contributed by atoms with Gasteiger partial charge in [-0.05, 0) is 31.9 Å². The molecule has 0 bridgehead atoms. The Morgan fingerprint density at radius 2 is 1.79 bits per heavy atom. The molecule has 1 unspecified atom stereocenters. The van der Waals surface area contributed by atoms with Crippen LogP contribution in [-0.2, 0) is 16.1 Å². The van der Waals surface area contributed by atoms with Gasteiger partial charge in [0.1, 0.15) is 12.4 Å². The Morgan fingerprint density at radius 1 is 1.07 bits per heavy atom. The number of esters is 1. The fraction of sp³-hybridized carbons (Fsp3) is 0.304. The lowest BCUT2D eigenvalue weighted by molar-refractivity contribution is -0.139. The summed E-state index contributed by atoms with van der Waals surface area (Å²) in [7, 11) is 0. The van der Waals surface area contributed by atoms with Crippen molar-refractivity contribution in [2.45, 2.75) is 39.8 Å². The molecule has 29 heavy (non-hydrogen) atoms. The van der Waals surface area contributed by atoms with E-state index < -0.39 is 12.0 Å². The van der Waals surface area contributed by atoms with Crippen molar-refractivity contribution in [3.05, 3.63) is 76.5 Å². The minimum atomic E-state index is -0.651. The highest BCUT2D eigenvalue weighted by atomic mass is 16.5. The molecule has 0 radical (unpaired) electrons. The van der Waals surface area contributed by atoms with Crippen molar-refractivity contribution in [2.75, 3.05) is 6.61 Å². The molecule has 0 saturated heterocycles. The molecular formula is C23H26N2O4. The quantitative estimate of drug-likeness (QED) is 0.692. The standard InChI is InChI=1S/C23H26N2O4/c1-4-13-28-22(26)20-16(3)24-23(27)25-21(20)18-7-5-6-8-19(18)29-14-17-11-9-15(2)10-12-17/h5-12,21H,4,13-14H2,1-3H3,(H2,24,25,27). The van der Waals surface area contributed by atoms with E-state index in [0.29, 0.717) is 35.8 Å². The molecule has 2 aromatic rings. The number of rotatable bonds is 7. The lowest BCUT2D eigenvalue weighted by Gasteiger charge is -2.29. The van der Waals surface area contributed by atoms with Gasteiger partial charge in [0.05, 0.1) is 18.2 Å². The van der Waals surface area contributed by atoms with Crippen LogP contribution in [0, 0.1) is 6.92 Å². The lowest BCUT2D eigenvalue weighted by atomic mass is 9.95. The highest BCUT2D eigenvalue weighted by Crippen LogP contribution is 2.34. The second-order valence-electron chi connectivity index (χ2n) is 7.02. The summed E-state index contributed by atoms with van der Waals surface area (Å²) in [4.78, 5) is 24.8. The zero-order chi connectivity index (χ0) is 20.8. The molecule has 2 aromatic carbocycles. The SMILES string of the molecule is CCCOC(=O)C1=C(C)NC(=O)NC1c1ccccc1OCc1ccc(C)cc1. The molecule has 0 saturated carbocycles. The van der Waals surface area contributed by atoms with Crippen molar-refractivity contribution in [1.29, 1.82) is 0 Å². The van der Waals surface area contributed by atoms with E-state index in [2.05, 4.69) is 10.6 Å². The van der Waals surface area contributed by atoms with E-state index in [0.717, 1.165) is 12.0 Å². The van der Waals surface area contributed by atoms with Gasteiger partial charge >= 0.3 is 12.0 Å². The molecule has 6 nitrogen and oxygen atoms in total. The second-order valence-corrected chi connectivity index (χ2v) is 7.02. The first-order valence-corrected chi connectivity index (χ1v) is 9.72. The third-order valence-corrected chi connectivity index (χ3v) is 4.67. The Bertz CT molecular complexity index is 919.